The van der Waals surface area contributed by atoms with Gasteiger partial charge in [0.2, 0.25) is 10.0 Å². The maximum atomic E-state index is 12.5. The molecule has 164 valence electrons. The van der Waals surface area contributed by atoms with Gasteiger partial charge in [-0.1, -0.05) is 12.1 Å². The van der Waals surface area contributed by atoms with Gasteiger partial charge in [-0.25, -0.2) is 18.1 Å². The molecule has 4 aromatic rings. The smallest absolute Gasteiger partial charge is 0.240 e. The van der Waals surface area contributed by atoms with E-state index in [9.17, 15) is 8.42 Å². The number of benzene rings is 1. The molecule has 3 N–H and O–H groups in total. The van der Waals surface area contributed by atoms with E-state index in [1.807, 2.05) is 12.1 Å². The van der Waals surface area contributed by atoms with E-state index < -0.39 is 10.0 Å². The van der Waals surface area contributed by atoms with Gasteiger partial charge < -0.3 is 15.1 Å². The van der Waals surface area contributed by atoms with E-state index in [4.69, 9.17) is 4.42 Å². The van der Waals surface area contributed by atoms with Gasteiger partial charge in [0.1, 0.15) is 17.8 Å². The molecular formula is C21H21N7O3S. The van der Waals surface area contributed by atoms with Crippen molar-refractivity contribution in [2.75, 3.05) is 23.7 Å². The van der Waals surface area contributed by atoms with Crippen LogP contribution in [-0.2, 0) is 10.0 Å². The Kier molecular flexibility index (Phi) is 6.38. The lowest BCUT2D eigenvalue weighted by atomic mass is 10.2. The first kappa shape index (κ1) is 21.4. The van der Waals surface area contributed by atoms with Gasteiger partial charge in [-0.05, 0) is 36.4 Å². The Morgan fingerprint density at radius 2 is 1.75 bits per heavy atom. The third-order valence-corrected chi connectivity index (χ3v) is 5.88. The predicted molar refractivity (Wildman–Crippen MR) is 120 cm³/mol. The zero-order chi connectivity index (χ0) is 22.4. The van der Waals surface area contributed by atoms with Crippen LogP contribution in [0.3, 0.4) is 0 Å². The monoisotopic (exact) mass is 451 g/mol. The van der Waals surface area contributed by atoms with Gasteiger partial charge in [0, 0.05) is 31.8 Å². The van der Waals surface area contributed by atoms with E-state index >= 15 is 0 Å². The Bertz CT molecular complexity index is 1260. The molecule has 0 radical (unpaired) electrons. The zero-order valence-electron chi connectivity index (χ0n) is 17.2. The molecule has 3 heterocycles. The molecule has 3 aromatic heterocycles. The lowest BCUT2D eigenvalue weighted by molar-refractivity contribution is 0.521. The Morgan fingerprint density at radius 3 is 2.41 bits per heavy atom. The highest BCUT2D eigenvalue weighted by Gasteiger charge is 2.14. The summed E-state index contributed by atoms with van der Waals surface area (Å²) in [6.07, 6.45) is 4.91. The third kappa shape index (κ3) is 5.45. The van der Waals surface area contributed by atoms with Gasteiger partial charge in [0.25, 0.3) is 0 Å². The molecule has 1 aromatic carbocycles. The van der Waals surface area contributed by atoms with Crippen LogP contribution in [0.15, 0.2) is 76.5 Å². The van der Waals surface area contributed by atoms with E-state index in [0.717, 1.165) is 11.3 Å². The van der Waals surface area contributed by atoms with Crippen LogP contribution in [0.4, 0.5) is 17.3 Å². The summed E-state index contributed by atoms with van der Waals surface area (Å²) in [6, 6.07) is 13.7. The van der Waals surface area contributed by atoms with Gasteiger partial charge in [-0.15, -0.1) is 10.2 Å². The fourth-order valence-corrected chi connectivity index (χ4v) is 3.87. The average Bonchev–Trinajstić information content (AvgIpc) is 3.25. The number of sulfonamides is 1. The highest BCUT2D eigenvalue weighted by Crippen LogP contribution is 2.20. The maximum absolute atomic E-state index is 12.5. The fraction of sp³-hybridized carbons (Fsp3) is 0.143. The van der Waals surface area contributed by atoms with Crippen LogP contribution in [-0.4, -0.2) is 41.7 Å². The van der Waals surface area contributed by atoms with E-state index in [0.29, 0.717) is 29.8 Å². The lowest BCUT2D eigenvalue weighted by Crippen LogP contribution is -2.29. The SMILES string of the molecule is Cc1nc(-c2ccc(S(=O)(=O)NCCNc3ccc(Nc4cccnc4)nn3)cc2)co1. The molecule has 0 bridgehead atoms. The molecule has 0 aliphatic heterocycles. The predicted octanol–water partition coefficient (Wildman–Crippen LogP) is 2.97. The second-order valence-electron chi connectivity index (χ2n) is 6.77. The molecule has 0 unspecified atom stereocenters. The molecule has 0 amide bonds. The molecule has 0 fully saturated rings. The van der Waals surface area contributed by atoms with Crippen LogP contribution in [0.25, 0.3) is 11.3 Å². The average molecular weight is 452 g/mol. The van der Waals surface area contributed by atoms with Gasteiger partial charge in [0.15, 0.2) is 11.7 Å². The van der Waals surface area contributed by atoms with Gasteiger partial charge in [-0.3, -0.25) is 4.98 Å². The number of anilines is 3. The summed E-state index contributed by atoms with van der Waals surface area (Å²) >= 11 is 0. The van der Waals surface area contributed by atoms with Crippen molar-refractivity contribution in [3.8, 4) is 11.3 Å². The number of aryl methyl sites for hydroxylation is 1. The normalized spacial score (nSPS) is 11.3. The summed E-state index contributed by atoms with van der Waals surface area (Å²) in [7, 11) is -3.64. The van der Waals surface area contributed by atoms with Crippen molar-refractivity contribution in [2.24, 2.45) is 0 Å². The molecule has 0 aliphatic rings. The molecule has 0 aliphatic carbocycles. The van der Waals surface area contributed by atoms with Gasteiger partial charge in [0.05, 0.1) is 16.8 Å². The summed E-state index contributed by atoms with van der Waals surface area (Å²) in [5.41, 5.74) is 2.25. The summed E-state index contributed by atoms with van der Waals surface area (Å²) in [6.45, 7) is 2.28. The van der Waals surface area contributed by atoms with E-state index in [1.54, 1.807) is 43.6 Å². The Hall–Kier alpha value is -3.83. The fourth-order valence-electron chi connectivity index (χ4n) is 2.84. The van der Waals surface area contributed by atoms with Crippen LogP contribution < -0.4 is 15.4 Å². The van der Waals surface area contributed by atoms with E-state index in [2.05, 4.69) is 35.5 Å². The second-order valence-corrected chi connectivity index (χ2v) is 8.54. The summed E-state index contributed by atoms with van der Waals surface area (Å²) in [5.74, 6) is 1.66. The first-order valence-electron chi connectivity index (χ1n) is 9.76. The second kappa shape index (κ2) is 9.54. The van der Waals surface area contributed by atoms with Crippen molar-refractivity contribution in [3.63, 3.8) is 0 Å². The maximum Gasteiger partial charge on any atom is 0.240 e. The molecule has 0 spiro atoms. The van der Waals surface area contributed by atoms with E-state index in [-0.39, 0.29) is 11.4 Å². The van der Waals surface area contributed by atoms with Crippen molar-refractivity contribution in [3.05, 3.63) is 73.1 Å². The Balaban J connectivity index is 1.26. The lowest BCUT2D eigenvalue weighted by Gasteiger charge is -2.09. The number of nitrogens with one attached hydrogen (secondary N) is 3. The number of hydrogen-bond donors (Lipinski definition) is 3. The van der Waals surface area contributed by atoms with E-state index in [1.165, 1.54) is 18.4 Å². The van der Waals surface area contributed by atoms with Crippen LogP contribution in [0.2, 0.25) is 0 Å². The Labute approximate surface area is 185 Å². The molecule has 0 saturated heterocycles. The van der Waals surface area contributed by atoms with Crippen LogP contribution in [0.5, 0.6) is 0 Å². The molecule has 0 atom stereocenters. The molecule has 32 heavy (non-hydrogen) atoms. The first-order valence-corrected chi connectivity index (χ1v) is 11.2. The number of rotatable bonds is 9. The minimum absolute atomic E-state index is 0.173. The minimum Gasteiger partial charge on any atom is -0.449 e. The van der Waals surface area contributed by atoms with Crippen molar-refractivity contribution in [1.82, 2.24) is 24.9 Å². The highest BCUT2D eigenvalue weighted by molar-refractivity contribution is 7.89. The van der Waals surface area contributed by atoms with Crippen molar-refractivity contribution in [1.29, 1.82) is 0 Å². The number of nitrogens with zero attached hydrogens (tertiary/aromatic N) is 4. The molecular weight excluding hydrogens is 430 g/mol. The summed E-state index contributed by atoms with van der Waals surface area (Å²) in [4.78, 5) is 8.43. The number of hydrogen-bond acceptors (Lipinski definition) is 9. The summed E-state index contributed by atoms with van der Waals surface area (Å²) in [5, 5.41) is 14.3. The van der Waals surface area contributed by atoms with Crippen LogP contribution >= 0.6 is 0 Å². The topological polar surface area (TPSA) is 135 Å². The molecule has 0 saturated carbocycles. The standard InChI is InChI=1S/C21H21N7O3S/c1-15-25-19(14-31-15)16-4-6-18(7-5-16)32(29,30)24-12-11-23-20-8-9-21(28-27-20)26-17-3-2-10-22-13-17/h2-10,13-14,24H,11-12H2,1H3,(H,23,27)(H,26,28). The number of aromatic nitrogens is 4. The van der Waals surface area contributed by atoms with Crippen molar-refractivity contribution >= 4 is 27.3 Å². The quantitative estimate of drug-likeness (QED) is 0.328. The summed E-state index contributed by atoms with van der Waals surface area (Å²) < 4.78 is 32.7. The molecule has 11 heteroatoms. The van der Waals surface area contributed by atoms with Crippen LogP contribution in [0, 0.1) is 6.92 Å². The number of pyridine rings is 1. The van der Waals surface area contributed by atoms with Gasteiger partial charge in [-0.2, -0.15) is 0 Å². The highest BCUT2D eigenvalue weighted by atomic mass is 32.2. The zero-order valence-corrected chi connectivity index (χ0v) is 18.0. The molecule has 10 nitrogen and oxygen atoms in total. The van der Waals surface area contributed by atoms with Crippen LogP contribution in [0.1, 0.15) is 5.89 Å². The van der Waals surface area contributed by atoms with Crippen molar-refractivity contribution < 1.29 is 12.8 Å². The largest absolute Gasteiger partial charge is 0.449 e. The minimum atomic E-state index is -3.64. The molecule has 4 rings (SSSR count). The number of oxazole rings is 1. The third-order valence-electron chi connectivity index (χ3n) is 4.40. The first-order chi connectivity index (χ1) is 15.5. The van der Waals surface area contributed by atoms with Gasteiger partial charge >= 0.3 is 0 Å². The van der Waals surface area contributed by atoms with Crippen molar-refractivity contribution in [2.45, 2.75) is 11.8 Å². The Morgan fingerprint density at radius 1 is 0.969 bits per heavy atom.